The van der Waals surface area contributed by atoms with Crippen LogP contribution in [-0.4, -0.2) is 105 Å². The summed E-state index contributed by atoms with van der Waals surface area (Å²) in [7, 11) is -3.72. The monoisotopic (exact) mass is 1070 g/mol. The van der Waals surface area contributed by atoms with Crippen molar-refractivity contribution in [1.82, 2.24) is 35.7 Å². The summed E-state index contributed by atoms with van der Waals surface area (Å²) in [4.78, 5) is 77.5. The largest absolute Gasteiger partial charge is 0.487 e. The average Bonchev–Trinajstić information content (AvgIpc) is 4.12. The second-order valence-electron chi connectivity index (χ2n) is 18.9. The molecule has 1 fully saturated rings. The highest BCUT2D eigenvalue weighted by Gasteiger charge is 2.44. The number of hydrogen-bond donors (Lipinski definition) is 7. The van der Waals surface area contributed by atoms with Gasteiger partial charge in [0.25, 0.3) is 5.91 Å². The number of nitrogens with two attached hydrogens (primary N) is 1. The molecular weight excluding hydrogens is 1010 g/mol. The van der Waals surface area contributed by atoms with Crippen LogP contribution in [0.15, 0.2) is 90.6 Å². The number of esters is 1. The van der Waals surface area contributed by atoms with Gasteiger partial charge in [-0.2, -0.15) is 5.10 Å². The molecule has 0 unspecified atom stereocenters. The molecule has 3 aromatic heterocycles. The highest BCUT2D eigenvalue weighted by atomic mass is 32.2. The van der Waals surface area contributed by atoms with E-state index in [1.54, 1.807) is 37.6 Å². The highest BCUT2D eigenvalue weighted by molar-refractivity contribution is 7.92. The van der Waals surface area contributed by atoms with Crippen LogP contribution in [0.2, 0.25) is 0 Å². The molecule has 3 atom stereocenters. The SMILES string of the molecule is CCS(=O)(=O)Nc1ccc(-c2n[nH]c(Nc3ccc(C(=O)OCCCCC(=O)N[C@H](C(=O)N4C[C@H](O)C[C@H]4C(=O)NCc4ccc(-c5scnc5C)cc4)C(C)(C)C)cn3)c2C(N)=O)cc1OCc1ccc(F)cc1. The van der Waals surface area contributed by atoms with E-state index in [-0.39, 0.29) is 84.8 Å². The number of nitrogens with zero attached hydrogens (tertiary/aromatic N) is 4. The first-order valence-corrected chi connectivity index (χ1v) is 26.6. The van der Waals surface area contributed by atoms with E-state index in [0.29, 0.717) is 24.0 Å². The van der Waals surface area contributed by atoms with Gasteiger partial charge in [-0.05, 0) is 85.2 Å². The number of thiazole rings is 1. The fraction of sp³-hybridized carbons (Fsp3) is 0.346. The van der Waals surface area contributed by atoms with Crippen LogP contribution in [0, 0.1) is 18.2 Å². The number of nitrogens with one attached hydrogen (secondary N) is 5. The first-order chi connectivity index (χ1) is 35.7. The number of aliphatic hydroxyl groups excluding tert-OH is 1. The summed E-state index contributed by atoms with van der Waals surface area (Å²) in [6.45, 7) is 8.94. The lowest BCUT2D eigenvalue weighted by atomic mass is 9.85. The van der Waals surface area contributed by atoms with Gasteiger partial charge in [0.2, 0.25) is 27.7 Å². The number of anilines is 3. The molecule has 396 valence electrons. The topological polar surface area (TPSA) is 290 Å². The number of benzene rings is 3. The summed E-state index contributed by atoms with van der Waals surface area (Å²) in [5.74, 6) is -3.08. The van der Waals surface area contributed by atoms with Crippen molar-refractivity contribution in [3.63, 3.8) is 0 Å². The third-order valence-corrected chi connectivity index (χ3v) is 14.5. The van der Waals surface area contributed by atoms with E-state index in [1.807, 2.05) is 31.2 Å². The van der Waals surface area contributed by atoms with Crippen LogP contribution in [0.1, 0.15) is 90.9 Å². The molecule has 0 aliphatic carbocycles. The fourth-order valence-electron chi connectivity index (χ4n) is 8.10. The standard InChI is InChI=1S/C52H59FN10O10S2/c1-6-75(70,71)62-38-20-16-34(23-40(38)73-28-32-12-18-36(53)19-13-32)44-43(47(54)66)48(61-60-44)58-41-21-17-35(26-55-41)51(69)72-22-8-7-9-42(65)59-46(52(3,4)5)50(68)63-27-37(64)24-39(63)49(67)56-25-31-10-14-33(15-11-31)45-30(2)57-29-74-45/h10-21,23,26,29,37,39,46,62,64H,6-9,22,24-25,27-28H2,1-5H3,(H2,54,66)(H,56,67)(H,59,65)(H2,55,58,60,61)/t37-,39+,46-/m1/s1. The maximum absolute atomic E-state index is 14.1. The quantitative estimate of drug-likeness (QED) is 0.0288. The summed E-state index contributed by atoms with van der Waals surface area (Å²) >= 11 is 1.55. The lowest BCUT2D eigenvalue weighted by molar-refractivity contribution is -0.144. The summed E-state index contributed by atoms with van der Waals surface area (Å²) in [6.07, 6.45) is 1.08. The lowest BCUT2D eigenvalue weighted by Gasteiger charge is -2.35. The average molecular weight is 1070 g/mol. The van der Waals surface area contributed by atoms with E-state index in [0.717, 1.165) is 21.7 Å². The molecule has 8 N–H and O–H groups in total. The zero-order valence-corrected chi connectivity index (χ0v) is 43.6. The molecule has 7 rings (SSSR count). The second-order valence-corrected chi connectivity index (χ2v) is 21.8. The predicted octanol–water partition coefficient (Wildman–Crippen LogP) is 6.36. The predicted molar refractivity (Wildman–Crippen MR) is 280 cm³/mol. The number of halogens is 1. The van der Waals surface area contributed by atoms with Crippen LogP contribution in [0.3, 0.4) is 0 Å². The third-order valence-electron chi connectivity index (χ3n) is 12.2. The molecule has 1 aliphatic heterocycles. The Morgan fingerprint density at radius 2 is 1.69 bits per heavy atom. The van der Waals surface area contributed by atoms with Gasteiger partial charge in [0.15, 0.2) is 0 Å². The Bertz CT molecular complexity index is 3130. The van der Waals surface area contributed by atoms with Gasteiger partial charge in [0.05, 0.1) is 45.8 Å². The van der Waals surface area contributed by atoms with Crippen molar-refractivity contribution < 1.29 is 51.4 Å². The normalized spacial score (nSPS) is 14.9. The Labute approximate surface area is 437 Å². The molecule has 0 spiro atoms. The number of hydrogen-bond acceptors (Lipinski definition) is 15. The number of pyridine rings is 1. The number of aryl methyl sites for hydroxylation is 1. The molecule has 1 saturated heterocycles. The molecule has 20 nitrogen and oxygen atoms in total. The Balaban J connectivity index is 0.890. The Kier molecular flexibility index (Phi) is 17.6. The first-order valence-electron chi connectivity index (χ1n) is 24.0. The third kappa shape index (κ3) is 14.3. The zero-order chi connectivity index (χ0) is 54.0. The number of carbonyl (C=O) groups excluding carboxylic acids is 5. The van der Waals surface area contributed by atoms with E-state index in [2.05, 4.69) is 40.8 Å². The molecule has 6 aromatic rings. The van der Waals surface area contributed by atoms with Crippen LogP contribution in [0.5, 0.6) is 5.75 Å². The number of ether oxygens (including phenoxy) is 2. The molecule has 4 amide bonds. The number of β-amino-alcohol motifs (C(OH)–C–C–N with tert-alkyl or cyclic N) is 1. The summed E-state index contributed by atoms with van der Waals surface area (Å²) < 4.78 is 52.3. The second kappa shape index (κ2) is 24.1. The molecule has 0 saturated carbocycles. The molecule has 1 aliphatic rings. The van der Waals surface area contributed by atoms with Gasteiger partial charge in [0.1, 0.15) is 53.2 Å². The van der Waals surface area contributed by atoms with E-state index >= 15 is 0 Å². The molecule has 0 radical (unpaired) electrons. The molecule has 0 bridgehead atoms. The number of carbonyl (C=O) groups is 5. The number of rotatable bonds is 22. The minimum absolute atomic E-state index is 0.0184. The van der Waals surface area contributed by atoms with Gasteiger partial charge < -0.3 is 41.2 Å². The summed E-state index contributed by atoms with van der Waals surface area (Å²) in [6, 6.07) is 18.8. The van der Waals surface area contributed by atoms with Crippen molar-refractivity contribution in [1.29, 1.82) is 0 Å². The first kappa shape index (κ1) is 55.0. The number of amides is 4. The maximum atomic E-state index is 14.1. The number of likely N-dealkylation sites (tertiary alicyclic amines) is 1. The van der Waals surface area contributed by atoms with E-state index in [1.165, 1.54) is 72.6 Å². The van der Waals surface area contributed by atoms with Gasteiger partial charge in [0, 0.05) is 37.7 Å². The van der Waals surface area contributed by atoms with Gasteiger partial charge in [-0.3, -0.25) is 29.0 Å². The zero-order valence-electron chi connectivity index (χ0n) is 41.9. The van der Waals surface area contributed by atoms with Crippen molar-refractivity contribution >= 4 is 68.3 Å². The van der Waals surface area contributed by atoms with Crippen LogP contribution < -0.4 is 31.1 Å². The van der Waals surface area contributed by atoms with Gasteiger partial charge in [-0.25, -0.2) is 27.6 Å². The molecule has 3 aromatic carbocycles. The number of H-pyrrole nitrogens is 1. The molecular formula is C52H59FN10O10S2. The van der Waals surface area contributed by atoms with Crippen LogP contribution in [-0.2, 0) is 42.3 Å². The number of primary amides is 1. The van der Waals surface area contributed by atoms with E-state index in [4.69, 9.17) is 15.2 Å². The Morgan fingerprint density at radius 3 is 2.35 bits per heavy atom. The highest BCUT2D eigenvalue weighted by Crippen LogP contribution is 2.36. The number of aliphatic hydroxyl groups is 1. The van der Waals surface area contributed by atoms with Crippen molar-refractivity contribution in [2.24, 2.45) is 11.1 Å². The smallest absolute Gasteiger partial charge is 0.339 e. The lowest BCUT2D eigenvalue weighted by Crippen LogP contribution is -2.57. The summed E-state index contributed by atoms with van der Waals surface area (Å²) in [5.41, 5.74) is 10.9. The molecule has 23 heteroatoms. The van der Waals surface area contributed by atoms with Crippen LogP contribution in [0.25, 0.3) is 21.7 Å². The number of aromatic amines is 1. The van der Waals surface area contributed by atoms with Crippen molar-refractivity contribution in [2.45, 2.75) is 91.6 Å². The number of aromatic nitrogens is 4. The van der Waals surface area contributed by atoms with Gasteiger partial charge in [-0.15, -0.1) is 11.3 Å². The van der Waals surface area contributed by atoms with Crippen molar-refractivity contribution in [2.75, 3.05) is 28.9 Å². The van der Waals surface area contributed by atoms with Crippen molar-refractivity contribution in [3.05, 3.63) is 124 Å². The van der Waals surface area contributed by atoms with Crippen LogP contribution in [0.4, 0.5) is 21.7 Å². The Morgan fingerprint density at radius 1 is 0.973 bits per heavy atom. The van der Waals surface area contributed by atoms with E-state index in [9.17, 15) is 41.9 Å². The van der Waals surface area contributed by atoms with Gasteiger partial charge in [-0.1, -0.05) is 63.2 Å². The van der Waals surface area contributed by atoms with Crippen LogP contribution >= 0.6 is 11.3 Å². The maximum Gasteiger partial charge on any atom is 0.339 e. The van der Waals surface area contributed by atoms with Gasteiger partial charge >= 0.3 is 5.97 Å². The molecule has 4 heterocycles. The number of sulfonamides is 1. The number of unbranched alkanes of at least 4 members (excludes halogenated alkanes) is 1. The minimum atomic E-state index is -3.72. The Hall–Kier alpha value is -7.76. The minimum Gasteiger partial charge on any atom is -0.487 e. The van der Waals surface area contributed by atoms with E-state index < -0.39 is 69.0 Å². The fourth-order valence-corrected chi connectivity index (χ4v) is 9.56. The summed E-state index contributed by atoms with van der Waals surface area (Å²) in [5, 5.41) is 26.3. The van der Waals surface area contributed by atoms with Crippen molar-refractivity contribution in [3.8, 4) is 27.4 Å². The molecule has 75 heavy (non-hydrogen) atoms.